The summed E-state index contributed by atoms with van der Waals surface area (Å²) < 4.78 is 54.7. The molecule has 0 aliphatic rings. The lowest BCUT2D eigenvalue weighted by Gasteiger charge is -2.14. The van der Waals surface area contributed by atoms with Gasteiger partial charge in [0.05, 0.1) is 38.8 Å². The minimum absolute atomic E-state index is 0.104. The molecule has 0 saturated carbocycles. The molecule has 0 spiro atoms. The summed E-state index contributed by atoms with van der Waals surface area (Å²) in [6.07, 6.45) is -3.11. The second-order valence-electron chi connectivity index (χ2n) is 5.32. The number of ether oxygens (including phenoxy) is 3. The highest BCUT2D eigenvalue weighted by Crippen LogP contribution is 2.35. The molecule has 0 radical (unpaired) electrons. The largest absolute Gasteiger partial charge is 0.496 e. The Kier molecular flexibility index (Phi) is 7.05. The Hall–Kier alpha value is -3.01. The number of para-hydroxylation sites is 1. The second kappa shape index (κ2) is 9.27. The molecule has 28 heavy (non-hydrogen) atoms. The van der Waals surface area contributed by atoms with Gasteiger partial charge in [-0.2, -0.15) is 18.3 Å². The molecular weight excluding hydrogens is 395 g/mol. The number of benzene rings is 2. The molecule has 2 aromatic rings. The number of halogens is 3. The lowest BCUT2D eigenvalue weighted by atomic mass is 10.2. The SMILES string of the molecule is COc1cc(OC)c(OC)cc1/C=N\NC(=S)Nc1ccccc1C(F)(F)F. The molecule has 0 unspecified atom stereocenters. The predicted molar refractivity (Wildman–Crippen MR) is 104 cm³/mol. The van der Waals surface area contributed by atoms with Gasteiger partial charge in [0.2, 0.25) is 0 Å². The van der Waals surface area contributed by atoms with Crippen molar-refractivity contribution in [2.75, 3.05) is 26.6 Å². The summed E-state index contributed by atoms with van der Waals surface area (Å²) in [5.41, 5.74) is 2.01. The zero-order chi connectivity index (χ0) is 20.7. The number of nitrogens with one attached hydrogen (secondary N) is 2. The molecule has 2 N–H and O–H groups in total. The minimum Gasteiger partial charge on any atom is -0.496 e. The third-order valence-electron chi connectivity index (χ3n) is 3.59. The molecule has 0 heterocycles. The van der Waals surface area contributed by atoms with Crippen LogP contribution in [0.3, 0.4) is 0 Å². The maximum atomic E-state index is 13.0. The highest BCUT2D eigenvalue weighted by Gasteiger charge is 2.33. The van der Waals surface area contributed by atoms with Gasteiger partial charge in [-0.3, -0.25) is 5.43 Å². The van der Waals surface area contributed by atoms with Gasteiger partial charge in [-0.15, -0.1) is 0 Å². The third-order valence-corrected chi connectivity index (χ3v) is 3.78. The molecule has 0 fully saturated rings. The second-order valence-corrected chi connectivity index (χ2v) is 5.72. The zero-order valence-corrected chi connectivity index (χ0v) is 16.1. The molecular formula is C18H18F3N3O3S. The number of hydrazone groups is 1. The molecule has 0 bridgehead atoms. The summed E-state index contributed by atoms with van der Waals surface area (Å²) in [7, 11) is 4.46. The molecule has 0 saturated heterocycles. The topological polar surface area (TPSA) is 64.1 Å². The maximum Gasteiger partial charge on any atom is 0.418 e. The lowest BCUT2D eigenvalue weighted by Crippen LogP contribution is -2.25. The lowest BCUT2D eigenvalue weighted by molar-refractivity contribution is -0.136. The van der Waals surface area contributed by atoms with Gasteiger partial charge in [0, 0.05) is 11.6 Å². The normalized spacial score (nSPS) is 11.2. The number of nitrogens with zero attached hydrogens (tertiary/aromatic N) is 1. The van der Waals surface area contributed by atoms with Crippen LogP contribution in [0.15, 0.2) is 41.5 Å². The number of hydrogen-bond acceptors (Lipinski definition) is 5. The number of methoxy groups -OCH3 is 3. The van der Waals surface area contributed by atoms with Crippen LogP contribution in [0.1, 0.15) is 11.1 Å². The first-order valence-electron chi connectivity index (χ1n) is 7.86. The van der Waals surface area contributed by atoms with Gasteiger partial charge in [0.25, 0.3) is 0 Å². The molecule has 0 aliphatic carbocycles. The smallest absolute Gasteiger partial charge is 0.418 e. The first kappa shape index (κ1) is 21.3. The van der Waals surface area contributed by atoms with E-state index in [9.17, 15) is 13.2 Å². The van der Waals surface area contributed by atoms with Crippen LogP contribution in [0, 0.1) is 0 Å². The van der Waals surface area contributed by atoms with Gasteiger partial charge in [-0.1, -0.05) is 12.1 Å². The molecule has 2 rings (SSSR count). The van der Waals surface area contributed by atoms with Crippen LogP contribution < -0.4 is 25.0 Å². The minimum atomic E-state index is -4.50. The van der Waals surface area contributed by atoms with Crippen molar-refractivity contribution in [2.24, 2.45) is 5.10 Å². The Morgan fingerprint density at radius 3 is 2.21 bits per heavy atom. The average molecular weight is 413 g/mol. The number of thiocarbonyl (C=S) groups is 1. The average Bonchev–Trinajstić information content (AvgIpc) is 2.67. The van der Waals surface area contributed by atoms with E-state index in [0.717, 1.165) is 6.07 Å². The summed E-state index contributed by atoms with van der Waals surface area (Å²) in [5.74, 6) is 1.40. The molecule has 0 atom stereocenters. The van der Waals surface area contributed by atoms with Crippen molar-refractivity contribution in [2.45, 2.75) is 6.18 Å². The third kappa shape index (κ3) is 5.26. The molecule has 10 heteroatoms. The van der Waals surface area contributed by atoms with E-state index >= 15 is 0 Å². The van der Waals surface area contributed by atoms with E-state index in [1.807, 2.05) is 0 Å². The Morgan fingerprint density at radius 1 is 1.00 bits per heavy atom. The van der Waals surface area contributed by atoms with Crippen molar-refractivity contribution >= 4 is 29.2 Å². The van der Waals surface area contributed by atoms with Gasteiger partial charge in [0.1, 0.15) is 5.75 Å². The van der Waals surface area contributed by atoms with Crippen LogP contribution in [-0.2, 0) is 6.18 Å². The molecule has 0 aliphatic heterocycles. The quantitative estimate of drug-likeness (QED) is 0.423. The first-order chi connectivity index (χ1) is 13.3. The molecule has 0 aromatic heterocycles. The Balaban J connectivity index is 2.13. The number of anilines is 1. The first-order valence-corrected chi connectivity index (χ1v) is 8.27. The van der Waals surface area contributed by atoms with E-state index in [1.54, 1.807) is 12.1 Å². The summed E-state index contributed by atoms with van der Waals surface area (Å²) >= 11 is 5.00. The van der Waals surface area contributed by atoms with E-state index in [2.05, 4.69) is 15.8 Å². The summed E-state index contributed by atoms with van der Waals surface area (Å²) in [6.45, 7) is 0. The van der Waals surface area contributed by atoms with Crippen molar-refractivity contribution in [3.8, 4) is 17.2 Å². The summed E-state index contributed by atoms with van der Waals surface area (Å²) in [5, 5.41) is 6.31. The van der Waals surface area contributed by atoms with Crippen molar-refractivity contribution in [3.05, 3.63) is 47.5 Å². The highest BCUT2D eigenvalue weighted by atomic mass is 32.1. The van der Waals surface area contributed by atoms with Gasteiger partial charge < -0.3 is 19.5 Å². The van der Waals surface area contributed by atoms with Gasteiger partial charge in [-0.05, 0) is 30.4 Å². The van der Waals surface area contributed by atoms with E-state index in [-0.39, 0.29) is 10.8 Å². The van der Waals surface area contributed by atoms with Crippen LogP contribution in [0.4, 0.5) is 18.9 Å². The highest BCUT2D eigenvalue weighted by molar-refractivity contribution is 7.80. The Bertz CT molecular complexity index is 873. The molecule has 150 valence electrons. The van der Waals surface area contributed by atoms with Crippen molar-refractivity contribution in [3.63, 3.8) is 0 Å². The Labute approximate surface area is 165 Å². The van der Waals surface area contributed by atoms with Crippen molar-refractivity contribution in [1.29, 1.82) is 0 Å². The van der Waals surface area contributed by atoms with E-state index in [1.165, 1.54) is 45.7 Å². The van der Waals surface area contributed by atoms with Crippen molar-refractivity contribution in [1.82, 2.24) is 5.43 Å². The number of rotatable bonds is 6. The van der Waals surface area contributed by atoms with Crippen LogP contribution in [0.25, 0.3) is 0 Å². The molecule has 2 aromatic carbocycles. The van der Waals surface area contributed by atoms with Crippen LogP contribution in [-0.4, -0.2) is 32.7 Å². The maximum absolute atomic E-state index is 13.0. The number of hydrogen-bond donors (Lipinski definition) is 2. The fourth-order valence-corrected chi connectivity index (χ4v) is 2.47. The zero-order valence-electron chi connectivity index (χ0n) is 15.3. The van der Waals surface area contributed by atoms with Crippen LogP contribution in [0.5, 0.6) is 17.2 Å². The number of alkyl halides is 3. The van der Waals surface area contributed by atoms with Crippen LogP contribution >= 0.6 is 12.2 Å². The van der Waals surface area contributed by atoms with E-state index < -0.39 is 11.7 Å². The van der Waals surface area contributed by atoms with Gasteiger partial charge in [0.15, 0.2) is 16.6 Å². The monoisotopic (exact) mass is 413 g/mol. The van der Waals surface area contributed by atoms with Crippen molar-refractivity contribution < 1.29 is 27.4 Å². The standard InChI is InChI=1S/C18H18F3N3O3S/c1-25-14-9-16(27-3)15(26-2)8-11(14)10-22-24-17(28)23-13-7-5-4-6-12(13)18(19,20)21/h4-10H,1-3H3,(H2,23,24,28)/b22-10-. The fraction of sp³-hybridized carbons (Fsp3) is 0.222. The summed E-state index contributed by atoms with van der Waals surface area (Å²) in [6, 6.07) is 8.26. The van der Waals surface area contributed by atoms with E-state index in [0.29, 0.717) is 22.8 Å². The Morgan fingerprint density at radius 2 is 1.61 bits per heavy atom. The van der Waals surface area contributed by atoms with E-state index in [4.69, 9.17) is 26.4 Å². The molecule has 6 nitrogen and oxygen atoms in total. The summed E-state index contributed by atoms with van der Waals surface area (Å²) in [4.78, 5) is 0. The fourth-order valence-electron chi connectivity index (χ4n) is 2.30. The van der Waals surface area contributed by atoms with Gasteiger partial charge >= 0.3 is 6.18 Å². The van der Waals surface area contributed by atoms with Crippen LogP contribution in [0.2, 0.25) is 0 Å². The molecule has 0 amide bonds. The van der Waals surface area contributed by atoms with Gasteiger partial charge in [-0.25, -0.2) is 0 Å². The predicted octanol–water partition coefficient (Wildman–Crippen LogP) is 4.05.